The molecule has 7 nitrogen and oxygen atoms in total. The number of furan rings is 1. The van der Waals surface area contributed by atoms with Gasteiger partial charge in [0.25, 0.3) is 5.91 Å². The van der Waals surface area contributed by atoms with E-state index in [9.17, 15) is 14.4 Å². The number of hydrogen-bond donors (Lipinski definition) is 3. The lowest BCUT2D eigenvalue weighted by atomic mass is 10.1. The Hall–Kier alpha value is -3.09. The topological polar surface area (TPSA) is 100 Å². The van der Waals surface area contributed by atoms with Crippen molar-refractivity contribution in [1.29, 1.82) is 0 Å². The Balaban J connectivity index is 2.24. The van der Waals surface area contributed by atoms with Crippen LogP contribution in [0.5, 0.6) is 0 Å². The Morgan fingerprint density at radius 1 is 0.960 bits per heavy atom. The van der Waals surface area contributed by atoms with Gasteiger partial charge in [-0.05, 0) is 44.2 Å². The van der Waals surface area contributed by atoms with Gasteiger partial charge in [-0.25, -0.2) is 0 Å². The first-order valence-corrected chi connectivity index (χ1v) is 7.82. The van der Waals surface area contributed by atoms with E-state index in [1.165, 1.54) is 13.8 Å². The third-order valence-corrected chi connectivity index (χ3v) is 3.37. The molecule has 0 aliphatic carbocycles. The number of anilines is 2. The highest BCUT2D eigenvalue weighted by atomic mass is 16.3. The summed E-state index contributed by atoms with van der Waals surface area (Å²) in [5, 5.41) is 8.06. The third-order valence-electron chi connectivity index (χ3n) is 3.37. The molecule has 0 saturated heterocycles. The Morgan fingerprint density at radius 2 is 1.52 bits per heavy atom. The maximum absolute atomic E-state index is 12.5. The predicted octanol–water partition coefficient (Wildman–Crippen LogP) is 3.00. The molecule has 0 aliphatic rings. The minimum Gasteiger partial charge on any atom is -0.464 e. The maximum Gasteiger partial charge on any atom is 0.252 e. The molecule has 1 unspecified atom stereocenters. The van der Waals surface area contributed by atoms with Crippen LogP contribution in [0.3, 0.4) is 0 Å². The van der Waals surface area contributed by atoms with Gasteiger partial charge in [-0.3, -0.25) is 14.4 Å². The number of carbonyl (C=O) groups is 3. The average molecular weight is 343 g/mol. The van der Waals surface area contributed by atoms with Crippen LogP contribution in [0.4, 0.5) is 11.4 Å². The van der Waals surface area contributed by atoms with Gasteiger partial charge < -0.3 is 20.4 Å². The second kappa shape index (κ2) is 7.65. The molecule has 1 atom stereocenters. The second-order valence-corrected chi connectivity index (χ2v) is 5.80. The van der Waals surface area contributed by atoms with Crippen LogP contribution in [0, 0.1) is 6.92 Å². The molecule has 1 aromatic carbocycles. The van der Waals surface area contributed by atoms with Gasteiger partial charge in [0.2, 0.25) is 11.8 Å². The zero-order valence-corrected chi connectivity index (χ0v) is 14.6. The molecule has 3 amide bonds. The third kappa shape index (κ3) is 5.20. The highest BCUT2D eigenvalue weighted by molar-refractivity contribution is 6.00. The summed E-state index contributed by atoms with van der Waals surface area (Å²) in [6.07, 6.45) is 0. The summed E-state index contributed by atoms with van der Waals surface area (Å²) in [5.74, 6) is 0.513. The molecule has 1 heterocycles. The van der Waals surface area contributed by atoms with Crippen molar-refractivity contribution >= 4 is 29.1 Å². The van der Waals surface area contributed by atoms with Crippen molar-refractivity contribution < 1.29 is 18.8 Å². The molecule has 7 heteroatoms. The number of rotatable bonds is 5. The fraction of sp³-hybridized carbons (Fsp3) is 0.278. The summed E-state index contributed by atoms with van der Waals surface area (Å²) >= 11 is 0. The molecule has 0 spiro atoms. The predicted molar refractivity (Wildman–Crippen MR) is 94.4 cm³/mol. The standard InChI is InChI=1S/C18H21N3O4/c1-10-5-6-17(25-10)11(2)19-18(24)14-7-15(20-12(3)22)9-16(8-14)21-13(4)23/h5-9,11H,1-4H3,(H,19,24)(H,20,22)(H,21,23). The summed E-state index contributed by atoms with van der Waals surface area (Å²) in [7, 11) is 0. The lowest BCUT2D eigenvalue weighted by Crippen LogP contribution is -2.26. The lowest BCUT2D eigenvalue weighted by Gasteiger charge is -2.14. The molecule has 0 bridgehead atoms. The minimum absolute atomic E-state index is 0.272. The molecular formula is C18H21N3O4. The smallest absolute Gasteiger partial charge is 0.252 e. The van der Waals surface area contributed by atoms with Crippen molar-refractivity contribution in [3.63, 3.8) is 0 Å². The summed E-state index contributed by atoms with van der Waals surface area (Å²) < 4.78 is 5.51. The van der Waals surface area contributed by atoms with E-state index >= 15 is 0 Å². The summed E-state index contributed by atoms with van der Waals surface area (Å²) in [5.41, 5.74) is 1.15. The molecular weight excluding hydrogens is 322 g/mol. The fourth-order valence-corrected chi connectivity index (χ4v) is 2.35. The van der Waals surface area contributed by atoms with E-state index in [-0.39, 0.29) is 23.8 Å². The van der Waals surface area contributed by atoms with Gasteiger partial charge in [0, 0.05) is 30.8 Å². The van der Waals surface area contributed by atoms with E-state index in [1.54, 1.807) is 24.3 Å². The number of benzene rings is 1. The van der Waals surface area contributed by atoms with Crippen LogP contribution in [-0.2, 0) is 9.59 Å². The molecule has 0 aliphatic heterocycles. The first kappa shape index (κ1) is 18.3. The van der Waals surface area contributed by atoms with Gasteiger partial charge in [0.05, 0.1) is 6.04 Å². The van der Waals surface area contributed by atoms with E-state index in [1.807, 2.05) is 19.9 Å². The van der Waals surface area contributed by atoms with Gasteiger partial charge >= 0.3 is 0 Å². The molecule has 2 aromatic rings. The first-order valence-electron chi connectivity index (χ1n) is 7.82. The highest BCUT2D eigenvalue weighted by Crippen LogP contribution is 2.21. The lowest BCUT2D eigenvalue weighted by molar-refractivity contribution is -0.115. The van der Waals surface area contributed by atoms with Crippen LogP contribution < -0.4 is 16.0 Å². The number of carbonyl (C=O) groups excluding carboxylic acids is 3. The molecule has 0 fully saturated rings. The van der Waals surface area contributed by atoms with Crippen molar-refractivity contribution in [2.45, 2.75) is 33.7 Å². The zero-order chi connectivity index (χ0) is 18.6. The molecule has 0 saturated carbocycles. The van der Waals surface area contributed by atoms with Crippen LogP contribution in [0.15, 0.2) is 34.7 Å². The number of amides is 3. The quantitative estimate of drug-likeness (QED) is 0.777. The van der Waals surface area contributed by atoms with Crippen LogP contribution >= 0.6 is 0 Å². The van der Waals surface area contributed by atoms with Gasteiger partial charge in [0.15, 0.2) is 0 Å². The Bertz CT molecular complexity index is 776. The molecule has 0 radical (unpaired) electrons. The van der Waals surface area contributed by atoms with Crippen molar-refractivity contribution in [1.82, 2.24) is 5.32 Å². The maximum atomic E-state index is 12.5. The Morgan fingerprint density at radius 3 is 1.96 bits per heavy atom. The number of aryl methyl sites for hydroxylation is 1. The normalized spacial score (nSPS) is 11.5. The van der Waals surface area contributed by atoms with Crippen molar-refractivity contribution in [3.05, 3.63) is 47.4 Å². The van der Waals surface area contributed by atoms with Crippen molar-refractivity contribution in [2.24, 2.45) is 0 Å². The van der Waals surface area contributed by atoms with E-state index < -0.39 is 0 Å². The Kier molecular flexibility index (Phi) is 5.59. The number of nitrogens with one attached hydrogen (secondary N) is 3. The van der Waals surface area contributed by atoms with Gasteiger partial charge in [-0.1, -0.05) is 0 Å². The highest BCUT2D eigenvalue weighted by Gasteiger charge is 2.16. The van der Waals surface area contributed by atoms with E-state index in [4.69, 9.17) is 4.42 Å². The minimum atomic E-state index is -0.347. The molecule has 3 N–H and O–H groups in total. The zero-order valence-electron chi connectivity index (χ0n) is 14.6. The van der Waals surface area contributed by atoms with E-state index in [0.29, 0.717) is 22.7 Å². The monoisotopic (exact) mass is 343 g/mol. The van der Waals surface area contributed by atoms with E-state index in [0.717, 1.165) is 5.76 Å². The summed E-state index contributed by atoms with van der Waals surface area (Å²) in [6, 6.07) is 7.97. The largest absolute Gasteiger partial charge is 0.464 e. The number of hydrogen-bond acceptors (Lipinski definition) is 4. The van der Waals surface area contributed by atoms with Crippen LogP contribution in [-0.4, -0.2) is 17.7 Å². The first-order chi connectivity index (χ1) is 11.7. The van der Waals surface area contributed by atoms with Gasteiger partial charge in [0.1, 0.15) is 11.5 Å². The average Bonchev–Trinajstić information content (AvgIpc) is 2.92. The molecule has 25 heavy (non-hydrogen) atoms. The SMILES string of the molecule is CC(=O)Nc1cc(NC(C)=O)cc(C(=O)NC(C)c2ccc(C)o2)c1. The molecule has 1 aromatic heterocycles. The van der Waals surface area contributed by atoms with Crippen LogP contribution in [0.2, 0.25) is 0 Å². The van der Waals surface area contributed by atoms with Gasteiger partial charge in [-0.2, -0.15) is 0 Å². The van der Waals surface area contributed by atoms with E-state index in [2.05, 4.69) is 16.0 Å². The van der Waals surface area contributed by atoms with Crippen molar-refractivity contribution in [2.75, 3.05) is 10.6 Å². The molecule has 132 valence electrons. The fourth-order valence-electron chi connectivity index (χ4n) is 2.35. The van der Waals surface area contributed by atoms with Crippen molar-refractivity contribution in [3.8, 4) is 0 Å². The molecule has 2 rings (SSSR count). The summed E-state index contributed by atoms with van der Waals surface area (Å²) in [6.45, 7) is 6.37. The Labute approximate surface area is 145 Å². The van der Waals surface area contributed by atoms with Crippen LogP contribution in [0.25, 0.3) is 0 Å². The van der Waals surface area contributed by atoms with Crippen LogP contribution in [0.1, 0.15) is 48.7 Å². The van der Waals surface area contributed by atoms with Gasteiger partial charge in [-0.15, -0.1) is 0 Å². The second-order valence-electron chi connectivity index (χ2n) is 5.80. The summed E-state index contributed by atoms with van der Waals surface area (Å²) in [4.78, 5) is 35.1.